The van der Waals surface area contributed by atoms with Crippen LogP contribution < -0.4 is 10.1 Å². The number of rotatable bonds is 5. The molecule has 2 aromatic rings. The van der Waals surface area contributed by atoms with Gasteiger partial charge in [-0.15, -0.1) is 0 Å². The first-order valence-corrected chi connectivity index (χ1v) is 7.16. The van der Waals surface area contributed by atoms with E-state index in [1.54, 1.807) is 0 Å². The molecule has 1 heterocycles. The molecule has 0 saturated heterocycles. The van der Waals surface area contributed by atoms with Crippen LogP contribution in [0.4, 0.5) is 10.2 Å². The SMILES string of the molecule is CCCNc1ncnc(Oc2ccc(F)cc2Cl)c1Br. The van der Waals surface area contributed by atoms with Gasteiger partial charge in [0.25, 0.3) is 0 Å². The van der Waals surface area contributed by atoms with E-state index in [-0.39, 0.29) is 5.02 Å². The maximum Gasteiger partial charge on any atom is 0.238 e. The summed E-state index contributed by atoms with van der Waals surface area (Å²) >= 11 is 9.29. The van der Waals surface area contributed by atoms with Gasteiger partial charge in [0.2, 0.25) is 5.88 Å². The second kappa shape index (κ2) is 6.85. The first-order valence-electron chi connectivity index (χ1n) is 5.99. The summed E-state index contributed by atoms with van der Waals surface area (Å²) in [5, 5.41) is 3.32. The van der Waals surface area contributed by atoms with Crippen molar-refractivity contribution in [1.82, 2.24) is 9.97 Å². The first-order chi connectivity index (χ1) is 9.61. The van der Waals surface area contributed by atoms with E-state index in [1.807, 2.05) is 0 Å². The predicted molar refractivity (Wildman–Crippen MR) is 80.0 cm³/mol. The highest BCUT2D eigenvalue weighted by Gasteiger charge is 2.12. The number of halogens is 3. The molecule has 0 spiro atoms. The number of hydrogen-bond donors (Lipinski definition) is 1. The zero-order chi connectivity index (χ0) is 14.5. The highest BCUT2D eigenvalue weighted by molar-refractivity contribution is 9.10. The van der Waals surface area contributed by atoms with E-state index >= 15 is 0 Å². The van der Waals surface area contributed by atoms with Crippen molar-refractivity contribution in [2.75, 3.05) is 11.9 Å². The summed E-state index contributed by atoms with van der Waals surface area (Å²) in [5.74, 6) is 0.852. The van der Waals surface area contributed by atoms with Crippen LogP contribution in [-0.2, 0) is 0 Å². The summed E-state index contributed by atoms with van der Waals surface area (Å²) in [6.45, 7) is 2.84. The van der Waals surface area contributed by atoms with E-state index in [0.29, 0.717) is 21.9 Å². The third-order valence-corrected chi connectivity index (χ3v) is 3.41. The van der Waals surface area contributed by atoms with Crippen LogP contribution in [0, 0.1) is 5.82 Å². The third kappa shape index (κ3) is 3.58. The van der Waals surface area contributed by atoms with Gasteiger partial charge in [0.05, 0.1) is 5.02 Å². The van der Waals surface area contributed by atoms with Crippen molar-refractivity contribution in [1.29, 1.82) is 0 Å². The Morgan fingerprint density at radius 2 is 2.20 bits per heavy atom. The lowest BCUT2D eigenvalue weighted by Gasteiger charge is -2.11. The number of nitrogens with zero attached hydrogens (tertiary/aromatic N) is 2. The van der Waals surface area contributed by atoms with E-state index < -0.39 is 5.82 Å². The molecule has 0 saturated carbocycles. The van der Waals surface area contributed by atoms with Gasteiger partial charge in [0.15, 0.2) is 0 Å². The van der Waals surface area contributed by atoms with Crippen molar-refractivity contribution in [2.24, 2.45) is 0 Å². The van der Waals surface area contributed by atoms with Crippen molar-refractivity contribution in [3.05, 3.63) is 39.8 Å². The van der Waals surface area contributed by atoms with E-state index in [2.05, 4.69) is 38.1 Å². The molecule has 0 radical (unpaired) electrons. The summed E-state index contributed by atoms with van der Waals surface area (Å²) in [6, 6.07) is 3.90. The fourth-order valence-electron chi connectivity index (χ4n) is 1.45. The molecule has 0 amide bonds. The fourth-order valence-corrected chi connectivity index (χ4v) is 2.09. The third-order valence-electron chi connectivity index (χ3n) is 2.40. The second-order valence-corrected chi connectivity index (χ2v) is 5.15. The van der Waals surface area contributed by atoms with Crippen LogP contribution in [0.15, 0.2) is 29.0 Å². The molecule has 0 aliphatic rings. The van der Waals surface area contributed by atoms with E-state index in [9.17, 15) is 4.39 Å². The molecule has 0 unspecified atom stereocenters. The molecule has 0 aliphatic heterocycles. The Morgan fingerprint density at radius 1 is 1.40 bits per heavy atom. The van der Waals surface area contributed by atoms with E-state index in [1.165, 1.54) is 24.5 Å². The van der Waals surface area contributed by atoms with Gasteiger partial charge in [0.1, 0.15) is 28.2 Å². The number of ether oxygens (including phenoxy) is 1. The maximum atomic E-state index is 13.0. The largest absolute Gasteiger partial charge is 0.436 e. The highest BCUT2D eigenvalue weighted by atomic mass is 79.9. The van der Waals surface area contributed by atoms with Crippen LogP contribution in [0.3, 0.4) is 0 Å². The van der Waals surface area contributed by atoms with Crippen molar-refractivity contribution in [3.8, 4) is 11.6 Å². The van der Waals surface area contributed by atoms with Gasteiger partial charge in [-0.05, 0) is 40.5 Å². The Bertz CT molecular complexity index is 612. The normalized spacial score (nSPS) is 10.4. The topological polar surface area (TPSA) is 47.0 Å². The van der Waals surface area contributed by atoms with Gasteiger partial charge in [0, 0.05) is 6.54 Å². The number of hydrogen-bond acceptors (Lipinski definition) is 4. The summed E-state index contributed by atoms with van der Waals surface area (Å²) < 4.78 is 19.2. The second-order valence-electron chi connectivity index (χ2n) is 3.94. The van der Waals surface area contributed by atoms with Gasteiger partial charge >= 0.3 is 0 Å². The maximum absolute atomic E-state index is 13.0. The molecule has 0 bridgehead atoms. The number of benzene rings is 1. The van der Waals surface area contributed by atoms with Crippen LogP contribution in [-0.4, -0.2) is 16.5 Å². The molecule has 20 heavy (non-hydrogen) atoms. The van der Waals surface area contributed by atoms with Gasteiger partial charge in [-0.25, -0.2) is 14.4 Å². The number of nitrogens with one attached hydrogen (secondary N) is 1. The van der Waals surface area contributed by atoms with Crippen molar-refractivity contribution in [2.45, 2.75) is 13.3 Å². The average molecular weight is 361 g/mol. The van der Waals surface area contributed by atoms with Crippen LogP contribution in [0.1, 0.15) is 13.3 Å². The van der Waals surface area contributed by atoms with Gasteiger partial charge in [-0.3, -0.25) is 0 Å². The van der Waals surface area contributed by atoms with Crippen LogP contribution in [0.5, 0.6) is 11.6 Å². The molecule has 1 aromatic carbocycles. The minimum atomic E-state index is -0.422. The Balaban J connectivity index is 2.24. The molecule has 2 rings (SSSR count). The molecule has 0 aliphatic carbocycles. The zero-order valence-corrected chi connectivity index (χ0v) is 13.0. The Morgan fingerprint density at radius 3 is 2.90 bits per heavy atom. The van der Waals surface area contributed by atoms with Crippen LogP contribution >= 0.6 is 27.5 Å². The molecule has 106 valence electrons. The quantitative estimate of drug-likeness (QED) is 0.843. The van der Waals surface area contributed by atoms with Crippen LogP contribution in [0.2, 0.25) is 5.02 Å². The predicted octanol–water partition coefficient (Wildman–Crippen LogP) is 4.65. The minimum Gasteiger partial charge on any atom is -0.436 e. The summed E-state index contributed by atoms with van der Waals surface area (Å²) in [7, 11) is 0. The van der Waals surface area contributed by atoms with E-state index in [0.717, 1.165) is 13.0 Å². The number of anilines is 1. The monoisotopic (exact) mass is 359 g/mol. The lowest BCUT2D eigenvalue weighted by Crippen LogP contribution is -2.04. The average Bonchev–Trinajstić information content (AvgIpc) is 2.42. The summed E-state index contributed by atoms with van der Waals surface area (Å²) in [4.78, 5) is 8.15. The summed E-state index contributed by atoms with van der Waals surface area (Å²) in [6.07, 6.45) is 2.35. The molecular weight excluding hydrogens is 349 g/mol. The molecule has 0 atom stereocenters. The Hall–Kier alpha value is -1.40. The molecular formula is C13H12BrClFN3O. The van der Waals surface area contributed by atoms with Crippen molar-refractivity contribution >= 4 is 33.3 Å². The minimum absolute atomic E-state index is 0.179. The Labute approximate surface area is 129 Å². The number of aromatic nitrogens is 2. The molecule has 1 N–H and O–H groups in total. The highest BCUT2D eigenvalue weighted by Crippen LogP contribution is 2.35. The van der Waals surface area contributed by atoms with Crippen molar-refractivity contribution < 1.29 is 9.13 Å². The molecule has 4 nitrogen and oxygen atoms in total. The standard InChI is InChI=1S/C13H12BrClFN3O/c1-2-5-17-12-11(14)13(19-7-18-12)20-10-4-3-8(16)6-9(10)15/h3-4,6-7H,2,5H2,1H3,(H,17,18,19). The molecule has 7 heteroatoms. The van der Waals surface area contributed by atoms with Gasteiger partial charge < -0.3 is 10.1 Å². The lowest BCUT2D eigenvalue weighted by molar-refractivity contribution is 0.457. The summed E-state index contributed by atoms with van der Waals surface area (Å²) in [5.41, 5.74) is 0. The first kappa shape index (κ1) is 15.0. The van der Waals surface area contributed by atoms with Gasteiger partial charge in [-0.1, -0.05) is 18.5 Å². The fraction of sp³-hybridized carbons (Fsp3) is 0.231. The zero-order valence-electron chi connectivity index (χ0n) is 10.7. The molecule has 0 fully saturated rings. The Kier molecular flexibility index (Phi) is 5.14. The van der Waals surface area contributed by atoms with Crippen molar-refractivity contribution in [3.63, 3.8) is 0 Å². The van der Waals surface area contributed by atoms with Gasteiger partial charge in [-0.2, -0.15) is 0 Å². The smallest absolute Gasteiger partial charge is 0.238 e. The van der Waals surface area contributed by atoms with Crippen LogP contribution in [0.25, 0.3) is 0 Å². The molecule has 1 aromatic heterocycles. The van der Waals surface area contributed by atoms with E-state index in [4.69, 9.17) is 16.3 Å². The lowest BCUT2D eigenvalue weighted by atomic mass is 10.3.